The van der Waals surface area contributed by atoms with Gasteiger partial charge in [0.25, 0.3) is 0 Å². The van der Waals surface area contributed by atoms with Crippen molar-refractivity contribution in [2.75, 3.05) is 32.8 Å². The fourth-order valence-corrected chi connectivity index (χ4v) is 2.35. The molecule has 0 amide bonds. The van der Waals surface area contributed by atoms with Gasteiger partial charge in [-0.3, -0.25) is 4.90 Å². The summed E-state index contributed by atoms with van der Waals surface area (Å²) < 4.78 is 5.41. The summed E-state index contributed by atoms with van der Waals surface area (Å²) in [6.45, 7) is 8.83. The SMILES string of the molecule is CCOCCN(CC)C(CN)C1CCC1. The van der Waals surface area contributed by atoms with E-state index in [0.29, 0.717) is 6.04 Å². The minimum atomic E-state index is 0.587. The molecule has 1 aliphatic carbocycles. The molecule has 0 aromatic heterocycles. The van der Waals surface area contributed by atoms with Crippen molar-refractivity contribution >= 4 is 0 Å². The van der Waals surface area contributed by atoms with Gasteiger partial charge in [-0.15, -0.1) is 0 Å². The number of hydrogen-bond donors (Lipinski definition) is 1. The number of ether oxygens (including phenoxy) is 1. The normalized spacial score (nSPS) is 19.2. The lowest BCUT2D eigenvalue weighted by atomic mass is 9.79. The van der Waals surface area contributed by atoms with Crippen LogP contribution in [-0.2, 0) is 4.74 Å². The third-order valence-electron chi connectivity index (χ3n) is 3.54. The molecule has 0 aromatic carbocycles. The van der Waals surface area contributed by atoms with E-state index < -0.39 is 0 Å². The fourth-order valence-electron chi connectivity index (χ4n) is 2.35. The third-order valence-corrected chi connectivity index (χ3v) is 3.54. The van der Waals surface area contributed by atoms with Crippen LogP contribution in [0.5, 0.6) is 0 Å². The second kappa shape index (κ2) is 7.20. The Balaban J connectivity index is 2.31. The van der Waals surface area contributed by atoms with Crippen LogP contribution in [0.25, 0.3) is 0 Å². The molecule has 90 valence electrons. The first-order chi connectivity index (χ1) is 7.33. The summed E-state index contributed by atoms with van der Waals surface area (Å²) in [6.07, 6.45) is 4.13. The number of nitrogens with two attached hydrogens (primary N) is 1. The van der Waals surface area contributed by atoms with Gasteiger partial charge in [0.2, 0.25) is 0 Å². The number of hydrogen-bond acceptors (Lipinski definition) is 3. The molecule has 1 rings (SSSR count). The van der Waals surface area contributed by atoms with Gasteiger partial charge >= 0.3 is 0 Å². The van der Waals surface area contributed by atoms with E-state index in [1.807, 2.05) is 6.92 Å². The Morgan fingerprint density at radius 1 is 1.40 bits per heavy atom. The van der Waals surface area contributed by atoms with Crippen molar-refractivity contribution in [3.63, 3.8) is 0 Å². The zero-order valence-corrected chi connectivity index (χ0v) is 10.2. The lowest BCUT2D eigenvalue weighted by Gasteiger charge is -2.40. The zero-order chi connectivity index (χ0) is 11.1. The first kappa shape index (κ1) is 12.9. The van der Waals surface area contributed by atoms with E-state index in [1.165, 1.54) is 19.3 Å². The molecule has 1 aliphatic rings. The largest absolute Gasteiger partial charge is 0.380 e. The van der Waals surface area contributed by atoms with Crippen molar-refractivity contribution in [2.24, 2.45) is 11.7 Å². The monoisotopic (exact) mass is 214 g/mol. The average molecular weight is 214 g/mol. The van der Waals surface area contributed by atoms with Crippen LogP contribution < -0.4 is 5.73 Å². The van der Waals surface area contributed by atoms with Crippen LogP contribution in [0.3, 0.4) is 0 Å². The standard InChI is InChI=1S/C12H26N2O/c1-3-14(8-9-15-4-2)12(10-13)11-6-5-7-11/h11-12H,3-10,13H2,1-2H3. The second-order valence-corrected chi connectivity index (χ2v) is 4.32. The molecule has 15 heavy (non-hydrogen) atoms. The Bertz CT molecular complexity index is 160. The highest BCUT2D eigenvalue weighted by Crippen LogP contribution is 2.31. The van der Waals surface area contributed by atoms with Crippen LogP contribution in [0.1, 0.15) is 33.1 Å². The molecule has 0 aliphatic heterocycles. The van der Waals surface area contributed by atoms with Gasteiger partial charge in [-0.25, -0.2) is 0 Å². The van der Waals surface area contributed by atoms with E-state index in [2.05, 4.69) is 11.8 Å². The Morgan fingerprint density at radius 2 is 2.13 bits per heavy atom. The molecule has 0 aromatic rings. The van der Waals surface area contributed by atoms with Crippen LogP contribution in [0.4, 0.5) is 0 Å². The fraction of sp³-hybridized carbons (Fsp3) is 1.00. The van der Waals surface area contributed by atoms with Crippen molar-refractivity contribution < 1.29 is 4.74 Å². The van der Waals surface area contributed by atoms with Crippen LogP contribution in [-0.4, -0.2) is 43.8 Å². The van der Waals surface area contributed by atoms with Crippen LogP contribution in [0.15, 0.2) is 0 Å². The van der Waals surface area contributed by atoms with Crippen molar-refractivity contribution in [3.05, 3.63) is 0 Å². The highest BCUT2D eigenvalue weighted by atomic mass is 16.5. The molecule has 0 heterocycles. The van der Waals surface area contributed by atoms with Gasteiger partial charge in [-0.1, -0.05) is 13.3 Å². The maximum Gasteiger partial charge on any atom is 0.0593 e. The minimum absolute atomic E-state index is 0.587. The van der Waals surface area contributed by atoms with Crippen molar-refractivity contribution in [2.45, 2.75) is 39.2 Å². The summed E-state index contributed by atoms with van der Waals surface area (Å²) in [5.74, 6) is 0.844. The molecule has 1 fully saturated rings. The smallest absolute Gasteiger partial charge is 0.0593 e. The number of likely N-dealkylation sites (N-methyl/N-ethyl adjacent to an activating group) is 1. The molecule has 1 unspecified atom stereocenters. The predicted octanol–water partition coefficient (Wildman–Crippen LogP) is 1.47. The predicted molar refractivity (Wildman–Crippen MR) is 63.9 cm³/mol. The molecule has 0 radical (unpaired) electrons. The summed E-state index contributed by atoms with van der Waals surface area (Å²) in [4.78, 5) is 2.49. The Kier molecular flexibility index (Phi) is 6.22. The summed E-state index contributed by atoms with van der Waals surface area (Å²) in [6, 6.07) is 0.587. The summed E-state index contributed by atoms with van der Waals surface area (Å²) in [5, 5.41) is 0. The Labute approximate surface area is 94.0 Å². The zero-order valence-electron chi connectivity index (χ0n) is 10.2. The van der Waals surface area contributed by atoms with Gasteiger partial charge in [-0.2, -0.15) is 0 Å². The molecule has 0 saturated heterocycles. The summed E-state index contributed by atoms with van der Waals surface area (Å²) in [7, 11) is 0. The van der Waals surface area contributed by atoms with E-state index >= 15 is 0 Å². The van der Waals surface area contributed by atoms with Gasteiger partial charge in [0.05, 0.1) is 6.61 Å². The van der Waals surface area contributed by atoms with E-state index in [0.717, 1.165) is 38.8 Å². The Hall–Kier alpha value is -0.120. The van der Waals surface area contributed by atoms with E-state index in [4.69, 9.17) is 10.5 Å². The van der Waals surface area contributed by atoms with Gasteiger partial charge in [0, 0.05) is 25.7 Å². The van der Waals surface area contributed by atoms with E-state index in [1.54, 1.807) is 0 Å². The molecule has 3 heteroatoms. The molecule has 0 bridgehead atoms. The maximum atomic E-state index is 5.88. The maximum absolute atomic E-state index is 5.88. The summed E-state index contributed by atoms with van der Waals surface area (Å²) in [5.41, 5.74) is 5.88. The third kappa shape index (κ3) is 3.74. The van der Waals surface area contributed by atoms with Crippen LogP contribution in [0, 0.1) is 5.92 Å². The lowest BCUT2D eigenvalue weighted by molar-refractivity contribution is 0.0622. The van der Waals surface area contributed by atoms with E-state index in [9.17, 15) is 0 Å². The first-order valence-corrected chi connectivity index (χ1v) is 6.35. The second-order valence-electron chi connectivity index (χ2n) is 4.32. The number of nitrogens with zero attached hydrogens (tertiary/aromatic N) is 1. The molecule has 2 N–H and O–H groups in total. The molecule has 1 saturated carbocycles. The molecular weight excluding hydrogens is 188 g/mol. The average Bonchev–Trinajstić information content (AvgIpc) is 2.19. The molecule has 0 spiro atoms. The topological polar surface area (TPSA) is 38.5 Å². The Morgan fingerprint density at radius 3 is 2.53 bits per heavy atom. The molecule has 3 nitrogen and oxygen atoms in total. The first-order valence-electron chi connectivity index (χ1n) is 6.35. The van der Waals surface area contributed by atoms with Crippen LogP contribution in [0.2, 0.25) is 0 Å². The lowest BCUT2D eigenvalue weighted by Crippen LogP contribution is -2.48. The van der Waals surface area contributed by atoms with Crippen molar-refractivity contribution in [1.82, 2.24) is 4.90 Å². The minimum Gasteiger partial charge on any atom is -0.380 e. The van der Waals surface area contributed by atoms with Crippen molar-refractivity contribution in [1.29, 1.82) is 0 Å². The van der Waals surface area contributed by atoms with E-state index in [-0.39, 0.29) is 0 Å². The van der Waals surface area contributed by atoms with Crippen LogP contribution >= 0.6 is 0 Å². The quantitative estimate of drug-likeness (QED) is 0.622. The van der Waals surface area contributed by atoms with Gasteiger partial charge in [-0.05, 0) is 32.2 Å². The molecular formula is C12H26N2O. The highest BCUT2D eigenvalue weighted by Gasteiger charge is 2.29. The summed E-state index contributed by atoms with van der Waals surface area (Å²) >= 11 is 0. The van der Waals surface area contributed by atoms with Gasteiger partial charge in [0.1, 0.15) is 0 Å². The van der Waals surface area contributed by atoms with Crippen molar-refractivity contribution in [3.8, 4) is 0 Å². The van der Waals surface area contributed by atoms with Gasteiger partial charge < -0.3 is 10.5 Å². The van der Waals surface area contributed by atoms with Gasteiger partial charge in [0.15, 0.2) is 0 Å². The number of rotatable bonds is 8. The highest BCUT2D eigenvalue weighted by molar-refractivity contribution is 4.85. The molecule has 1 atom stereocenters.